The summed E-state index contributed by atoms with van der Waals surface area (Å²) in [6, 6.07) is 8.39. The highest BCUT2D eigenvalue weighted by molar-refractivity contribution is 6.31. The van der Waals surface area contributed by atoms with E-state index < -0.39 is 0 Å². The predicted molar refractivity (Wildman–Crippen MR) is 77.8 cm³/mol. The SMILES string of the molecule is CCN(CC1CC1)C(c1ccccc1Cl)C(C)N. The van der Waals surface area contributed by atoms with Crippen LogP contribution in [-0.2, 0) is 0 Å². The molecule has 2 unspecified atom stereocenters. The maximum absolute atomic E-state index is 6.33. The third-order valence-electron chi connectivity index (χ3n) is 3.71. The fourth-order valence-electron chi connectivity index (χ4n) is 2.60. The monoisotopic (exact) mass is 266 g/mol. The van der Waals surface area contributed by atoms with E-state index >= 15 is 0 Å². The van der Waals surface area contributed by atoms with Crippen molar-refractivity contribution in [3.63, 3.8) is 0 Å². The van der Waals surface area contributed by atoms with Crippen molar-refractivity contribution < 1.29 is 0 Å². The van der Waals surface area contributed by atoms with Crippen molar-refractivity contribution >= 4 is 11.6 Å². The molecule has 0 bridgehead atoms. The van der Waals surface area contributed by atoms with Crippen LogP contribution >= 0.6 is 11.6 Å². The zero-order chi connectivity index (χ0) is 13.1. The Morgan fingerprint density at radius 2 is 2.06 bits per heavy atom. The van der Waals surface area contributed by atoms with Gasteiger partial charge in [0.15, 0.2) is 0 Å². The minimum absolute atomic E-state index is 0.0867. The molecule has 1 aliphatic carbocycles. The van der Waals surface area contributed by atoms with E-state index in [2.05, 4.69) is 24.8 Å². The lowest BCUT2D eigenvalue weighted by Crippen LogP contribution is -2.40. The lowest BCUT2D eigenvalue weighted by atomic mass is 9.98. The number of hydrogen-bond acceptors (Lipinski definition) is 2. The Balaban J connectivity index is 2.23. The van der Waals surface area contributed by atoms with E-state index in [0.29, 0.717) is 0 Å². The van der Waals surface area contributed by atoms with Crippen molar-refractivity contribution in [2.24, 2.45) is 11.7 Å². The van der Waals surface area contributed by atoms with Gasteiger partial charge >= 0.3 is 0 Å². The Bertz CT molecular complexity index is 388. The minimum Gasteiger partial charge on any atom is -0.326 e. The molecule has 1 aromatic carbocycles. The maximum atomic E-state index is 6.33. The molecule has 0 saturated heterocycles. The van der Waals surface area contributed by atoms with Crippen molar-refractivity contribution in [1.82, 2.24) is 4.90 Å². The van der Waals surface area contributed by atoms with Gasteiger partial charge in [0.1, 0.15) is 0 Å². The first-order valence-corrected chi connectivity index (χ1v) is 7.25. The molecule has 0 spiro atoms. The largest absolute Gasteiger partial charge is 0.326 e. The molecule has 1 fully saturated rings. The van der Waals surface area contributed by atoms with E-state index in [4.69, 9.17) is 17.3 Å². The fraction of sp³-hybridized carbons (Fsp3) is 0.600. The van der Waals surface area contributed by atoms with Gasteiger partial charge in [-0.1, -0.05) is 36.7 Å². The summed E-state index contributed by atoms with van der Waals surface area (Å²) in [6.45, 7) is 6.44. The number of benzene rings is 1. The van der Waals surface area contributed by atoms with Gasteiger partial charge in [-0.3, -0.25) is 4.90 Å². The quantitative estimate of drug-likeness (QED) is 0.854. The highest BCUT2D eigenvalue weighted by Crippen LogP contribution is 2.35. The summed E-state index contributed by atoms with van der Waals surface area (Å²) in [5.41, 5.74) is 7.37. The summed E-state index contributed by atoms with van der Waals surface area (Å²) < 4.78 is 0. The molecule has 0 aromatic heterocycles. The Kier molecular flexibility index (Phi) is 4.66. The standard InChI is InChI=1S/C15H23ClN2/c1-3-18(10-12-8-9-12)15(11(2)17)13-6-4-5-7-14(13)16/h4-7,11-12,15H,3,8-10,17H2,1-2H3. The molecule has 2 N–H and O–H groups in total. The second-order valence-corrected chi connectivity index (χ2v) is 5.76. The van der Waals surface area contributed by atoms with E-state index in [1.165, 1.54) is 12.8 Å². The van der Waals surface area contributed by atoms with Gasteiger partial charge in [0.05, 0.1) is 6.04 Å². The van der Waals surface area contributed by atoms with Crippen LogP contribution in [0.3, 0.4) is 0 Å². The Labute approximate surface area is 115 Å². The van der Waals surface area contributed by atoms with Gasteiger partial charge in [0.25, 0.3) is 0 Å². The second kappa shape index (κ2) is 6.05. The lowest BCUT2D eigenvalue weighted by Gasteiger charge is -2.34. The molecule has 1 aliphatic rings. The summed E-state index contributed by atoms with van der Waals surface area (Å²) in [6.07, 6.45) is 2.73. The molecule has 2 rings (SSSR count). The van der Waals surface area contributed by atoms with Crippen LogP contribution in [0.1, 0.15) is 38.3 Å². The summed E-state index contributed by atoms with van der Waals surface area (Å²) >= 11 is 6.33. The van der Waals surface area contributed by atoms with Crippen LogP contribution in [0.2, 0.25) is 5.02 Å². The number of nitrogens with two attached hydrogens (primary N) is 1. The first-order valence-electron chi connectivity index (χ1n) is 6.87. The van der Waals surface area contributed by atoms with Crippen LogP contribution in [0.5, 0.6) is 0 Å². The average molecular weight is 267 g/mol. The first kappa shape index (κ1) is 13.9. The molecule has 3 heteroatoms. The molecule has 0 heterocycles. The number of hydrogen-bond donors (Lipinski definition) is 1. The van der Waals surface area contributed by atoms with E-state index in [9.17, 15) is 0 Å². The number of halogens is 1. The normalized spacial score (nSPS) is 18.9. The number of rotatable bonds is 6. The van der Waals surface area contributed by atoms with Crippen molar-refractivity contribution in [2.75, 3.05) is 13.1 Å². The molecule has 100 valence electrons. The highest BCUT2D eigenvalue weighted by atomic mass is 35.5. The van der Waals surface area contributed by atoms with E-state index in [1.54, 1.807) is 0 Å². The molecular formula is C15H23ClN2. The molecule has 2 nitrogen and oxygen atoms in total. The van der Waals surface area contributed by atoms with E-state index in [0.717, 1.165) is 29.6 Å². The van der Waals surface area contributed by atoms with Crippen LogP contribution < -0.4 is 5.73 Å². The topological polar surface area (TPSA) is 29.3 Å². The molecule has 18 heavy (non-hydrogen) atoms. The predicted octanol–water partition coefficient (Wildman–Crippen LogP) is 3.46. The van der Waals surface area contributed by atoms with Gasteiger partial charge in [-0.2, -0.15) is 0 Å². The molecule has 0 radical (unpaired) electrons. The summed E-state index contributed by atoms with van der Waals surface area (Å²) in [5.74, 6) is 0.869. The van der Waals surface area contributed by atoms with Crippen molar-refractivity contribution in [2.45, 2.75) is 38.8 Å². The van der Waals surface area contributed by atoms with Crippen molar-refractivity contribution in [1.29, 1.82) is 0 Å². The first-order chi connectivity index (χ1) is 8.63. The molecule has 1 saturated carbocycles. The third-order valence-corrected chi connectivity index (χ3v) is 4.06. The number of nitrogens with zero attached hydrogens (tertiary/aromatic N) is 1. The summed E-state index contributed by atoms with van der Waals surface area (Å²) in [5, 5.41) is 0.828. The van der Waals surface area contributed by atoms with Gasteiger partial charge < -0.3 is 5.73 Å². The van der Waals surface area contributed by atoms with Gasteiger partial charge in [-0.05, 0) is 43.9 Å². The van der Waals surface area contributed by atoms with Crippen molar-refractivity contribution in [3.8, 4) is 0 Å². The lowest BCUT2D eigenvalue weighted by molar-refractivity contribution is 0.178. The van der Waals surface area contributed by atoms with Gasteiger partial charge in [0, 0.05) is 17.6 Å². The van der Waals surface area contributed by atoms with Crippen LogP contribution in [-0.4, -0.2) is 24.0 Å². The smallest absolute Gasteiger partial charge is 0.0511 e. The Hall–Kier alpha value is -0.570. The average Bonchev–Trinajstić information content (AvgIpc) is 3.14. The van der Waals surface area contributed by atoms with Crippen molar-refractivity contribution in [3.05, 3.63) is 34.9 Å². The Morgan fingerprint density at radius 1 is 1.39 bits per heavy atom. The minimum atomic E-state index is 0.0867. The van der Waals surface area contributed by atoms with Gasteiger partial charge in [-0.15, -0.1) is 0 Å². The summed E-state index contributed by atoms with van der Waals surface area (Å²) in [4.78, 5) is 2.48. The zero-order valence-electron chi connectivity index (χ0n) is 11.3. The van der Waals surface area contributed by atoms with Gasteiger partial charge in [0.2, 0.25) is 0 Å². The molecule has 0 amide bonds. The van der Waals surface area contributed by atoms with Crippen LogP contribution in [0.25, 0.3) is 0 Å². The van der Waals surface area contributed by atoms with E-state index in [-0.39, 0.29) is 12.1 Å². The van der Waals surface area contributed by atoms with Crippen LogP contribution in [0, 0.1) is 5.92 Å². The Morgan fingerprint density at radius 3 is 2.56 bits per heavy atom. The second-order valence-electron chi connectivity index (χ2n) is 5.36. The molecule has 0 aliphatic heterocycles. The number of likely N-dealkylation sites (N-methyl/N-ethyl adjacent to an activating group) is 1. The maximum Gasteiger partial charge on any atom is 0.0511 e. The molecule has 2 atom stereocenters. The molecular weight excluding hydrogens is 244 g/mol. The van der Waals surface area contributed by atoms with Crippen LogP contribution in [0.4, 0.5) is 0 Å². The summed E-state index contributed by atoms with van der Waals surface area (Å²) in [7, 11) is 0. The van der Waals surface area contributed by atoms with Gasteiger partial charge in [-0.25, -0.2) is 0 Å². The molecule has 1 aromatic rings. The third kappa shape index (κ3) is 3.25. The zero-order valence-corrected chi connectivity index (χ0v) is 12.0. The van der Waals surface area contributed by atoms with E-state index in [1.807, 2.05) is 18.2 Å². The highest BCUT2D eigenvalue weighted by Gasteiger charge is 2.30. The fourth-order valence-corrected chi connectivity index (χ4v) is 2.85. The van der Waals surface area contributed by atoms with Crippen LogP contribution in [0.15, 0.2) is 24.3 Å².